The molecule has 0 saturated heterocycles. The van der Waals surface area contributed by atoms with Crippen molar-refractivity contribution in [3.8, 4) is 0 Å². The highest BCUT2D eigenvalue weighted by atomic mass is 79.9. The summed E-state index contributed by atoms with van der Waals surface area (Å²) in [5.74, 6) is 0.964. The van der Waals surface area contributed by atoms with Crippen molar-refractivity contribution in [2.75, 3.05) is 0 Å². The van der Waals surface area contributed by atoms with Gasteiger partial charge in [-0.05, 0) is 25.7 Å². The summed E-state index contributed by atoms with van der Waals surface area (Å²) in [6, 6.07) is 0. The summed E-state index contributed by atoms with van der Waals surface area (Å²) < 4.78 is 0. The van der Waals surface area contributed by atoms with E-state index in [1.54, 1.807) is 6.92 Å². The third-order valence-corrected chi connectivity index (χ3v) is 3.08. The van der Waals surface area contributed by atoms with Crippen LogP contribution >= 0.6 is 15.9 Å². The van der Waals surface area contributed by atoms with Crippen LogP contribution in [0, 0.1) is 5.92 Å². The third kappa shape index (κ3) is 1.78. The lowest BCUT2D eigenvalue weighted by molar-refractivity contribution is -0.118. The van der Waals surface area contributed by atoms with E-state index in [-0.39, 0.29) is 0 Å². The molecule has 52 valence electrons. The van der Waals surface area contributed by atoms with Gasteiger partial charge in [-0.25, -0.2) is 0 Å². The van der Waals surface area contributed by atoms with E-state index in [0.29, 0.717) is 16.5 Å². The topological polar surface area (TPSA) is 17.1 Å². The molecule has 0 N–H and O–H groups in total. The lowest BCUT2D eigenvalue weighted by atomic mass is 9.82. The Balaban J connectivity index is 2.21. The molecule has 1 rings (SSSR count). The van der Waals surface area contributed by atoms with E-state index in [1.807, 2.05) is 0 Å². The Morgan fingerprint density at radius 3 is 2.44 bits per heavy atom. The minimum Gasteiger partial charge on any atom is -0.300 e. The van der Waals surface area contributed by atoms with Gasteiger partial charge >= 0.3 is 0 Å². The molecule has 1 aliphatic rings. The van der Waals surface area contributed by atoms with Crippen LogP contribution in [0.15, 0.2) is 0 Å². The first-order chi connectivity index (χ1) is 4.20. The van der Waals surface area contributed by atoms with Crippen LogP contribution in [-0.4, -0.2) is 10.6 Å². The zero-order chi connectivity index (χ0) is 6.85. The molecule has 1 nitrogen and oxygen atoms in total. The number of alkyl halides is 1. The Labute approximate surface area is 64.0 Å². The molecule has 0 aromatic heterocycles. The SMILES string of the molecule is CC(=O)CC1CCC1Br. The summed E-state index contributed by atoms with van der Waals surface area (Å²) in [5.41, 5.74) is 0. The largest absolute Gasteiger partial charge is 0.300 e. The number of rotatable bonds is 2. The number of hydrogen-bond donors (Lipinski definition) is 0. The number of Topliss-reactive ketones (excluding diaryl/α,β-unsaturated/α-hetero) is 1. The van der Waals surface area contributed by atoms with E-state index < -0.39 is 0 Å². The molecule has 1 aliphatic carbocycles. The first-order valence-corrected chi connectivity index (χ1v) is 4.25. The Hall–Kier alpha value is 0.150. The number of halogens is 1. The summed E-state index contributed by atoms with van der Waals surface area (Å²) in [7, 11) is 0. The highest BCUT2D eigenvalue weighted by Gasteiger charge is 2.28. The average Bonchev–Trinajstić information content (AvgIpc) is 1.79. The molecule has 0 spiro atoms. The first kappa shape index (κ1) is 7.26. The highest BCUT2D eigenvalue weighted by Crippen LogP contribution is 2.36. The summed E-state index contributed by atoms with van der Waals surface area (Å²) in [6.07, 6.45) is 3.25. The second-order valence-electron chi connectivity index (χ2n) is 2.76. The van der Waals surface area contributed by atoms with E-state index in [9.17, 15) is 4.79 Å². The fourth-order valence-corrected chi connectivity index (χ4v) is 1.84. The summed E-state index contributed by atoms with van der Waals surface area (Å²) >= 11 is 3.50. The van der Waals surface area contributed by atoms with E-state index in [1.165, 1.54) is 12.8 Å². The summed E-state index contributed by atoms with van der Waals surface area (Å²) in [5, 5.41) is 0. The van der Waals surface area contributed by atoms with Crippen LogP contribution in [-0.2, 0) is 4.79 Å². The van der Waals surface area contributed by atoms with Gasteiger partial charge in [-0.2, -0.15) is 0 Å². The monoisotopic (exact) mass is 190 g/mol. The second-order valence-corrected chi connectivity index (χ2v) is 3.94. The molecule has 9 heavy (non-hydrogen) atoms. The normalized spacial score (nSPS) is 33.6. The van der Waals surface area contributed by atoms with Crippen molar-refractivity contribution in [2.45, 2.75) is 31.0 Å². The van der Waals surface area contributed by atoms with Crippen LogP contribution in [0.2, 0.25) is 0 Å². The molecule has 1 fully saturated rings. The number of hydrogen-bond acceptors (Lipinski definition) is 1. The van der Waals surface area contributed by atoms with Gasteiger partial charge in [0.15, 0.2) is 0 Å². The molecule has 0 aromatic carbocycles. The van der Waals surface area contributed by atoms with Gasteiger partial charge in [0.05, 0.1) is 0 Å². The molecule has 0 bridgehead atoms. The van der Waals surface area contributed by atoms with Crippen LogP contribution in [0.4, 0.5) is 0 Å². The first-order valence-electron chi connectivity index (χ1n) is 3.33. The van der Waals surface area contributed by atoms with Gasteiger partial charge in [-0.3, -0.25) is 0 Å². The van der Waals surface area contributed by atoms with Crippen LogP contribution in [0.3, 0.4) is 0 Å². The van der Waals surface area contributed by atoms with E-state index in [4.69, 9.17) is 0 Å². The van der Waals surface area contributed by atoms with Gasteiger partial charge in [0.2, 0.25) is 0 Å². The maximum atomic E-state index is 10.6. The molecule has 0 heterocycles. The second kappa shape index (κ2) is 2.82. The van der Waals surface area contributed by atoms with Crippen LogP contribution in [0.5, 0.6) is 0 Å². The fourth-order valence-electron chi connectivity index (χ4n) is 1.13. The molecule has 2 unspecified atom stereocenters. The van der Waals surface area contributed by atoms with Crippen LogP contribution in [0.1, 0.15) is 26.2 Å². The summed E-state index contributed by atoms with van der Waals surface area (Å²) in [4.78, 5) is 11.2. The molecular formula is C7H11BrO. The van der Waals surface area contributed by atoms with E-state index >= 15 is 0 Å². The van der Waals surface area contributed by atoms with Crippen molar-refractivity contribution in [3.05, 3.63) is 0 Å². The standard InChI is InChI=1S/C7H11BrO/c1-5(9)4-6-2-3-7(6)8/h6-7H,2-4H2,1H3. The van der Waals surface area contributed by atoms with Crippen molar-refractivity contribution < 1.29 is 4.79 Å². The Morgan fingerprint density at radius 2 is 2.33 bits per heavy atom. The van der Waals surface area contributed by atoms with E-state index in [0.717, 1.165) is 6.42 Å². The zero-order valence-electron chi connectivity index (χ0n) is 5.56. The molecule has 2 heteroatoms. The quantitative estimate of drug-likeness (QED) is 0.611. The van der Waals surface area contributed by atoms with Gasteiger partial charge in [0.25, 0.3) is 0 Å². The summed E-state index contributed by atoms with van der Waals surface area (Å²) in [6.45, 7) is 1.66. The molecule has 0 aliphatic heterocycles. The smallest absolute Gasteiger partial charge is 0.130 e. The minimum absolute atomic E-state index is 0.323. The maximum Gasteiger partial charge on any atom is 0.130 e. The van der Waals surface area contributed by atoms with Gasteiger partial charge in [-0.1, -0.05) is 15.9 Å². The average molecular weight is 191 g/mol. The van der Waals surface area contributed by atoms with Gasteiger partial charge in [0, 0.05) is 11.2 Å². The number of ketones is 1. The zero-order valence-corrected chi connectivity index (χ0v) is 7.15. The molecule has 2 atom stereocenters. The fraction of sp³-hybridized carbons (Fsp3) is 0.857. The maximum absolute atomic E-state index is 10.6. The minimum atomic E-state index is 0.323. The van der Waals surface area contributed by atoms with Gasteiger partial charge < -0.3 is 4.79 Å². The molecule has 0 aromatic rings. The Kier molecular flexibility index (Phi) is 2.28. The number of carbonyl (C=O) groups excluding carboxylic acids is 1. The predicted octanol–water partition coefficient (Wildman–Crippen LogP) is 2.14. The lowest BCUT2D eigenvalue weighted by Gasteiger charge is -2.31. The van der Waals surface area contributed by atoms with Crippen LogP contribution < -0.4 is 0 Å². The van der Waals surface area contributed by atoms with Crippen molar-refractivity contribution in [1.82, 2.24) is 0 Å². The van der Waals surface area contributed by atoms with Crippen LogP contribution in [0.25, 0.3) is 0 Å². The molecular weight excluding hydrogens is 180 g/mol. The van der Waals surface area contributed by atoms with Crippen molar-refractivity contribution in [1.29, 1.82) is 0 Å². The predicted molar refractivity (Wildman–Crippen MR) is 40.7 cm³/mol. The highest BCUT2D eigenvalue weighted by molar-refractivity contribution is 9.09. The molecule has 0 amide bonds. The third-order valence-electron chi connectivity index (χ3n) is 1.87. The molecule has 1 saturated carbocycles. The van der Waals surface area contributed by atoms with Gasteiger partial charge in [-0.15, -0.1) is 0 Å². The van der Waals surface area contributed by atoms with Gasteiger partial charge in [0.1, 0.15) is 5.78 Å². The van der Waals surface area contributed by atoms with E-state index in [2.05, 4.69) is 15.9 Å². The number of carbonyl (C=O) groups is 1. The van der Waals surface area contributed by atoms with Crippen molar-refractivity contribution in [2.24, 2.45) is 5.92 Å². The molecule has 0 radical (unpaired) electrons. The lowest BCUT2D eigenvalue weighted by Crippen LogP contribution is -2.27. The Morgan fingerprint density at radius 1 is 1.67 bits per heavy atom. The van der Waals surface area contributed by atoms with Crippen molar-refractivity contribution in [3.63, 3.8) is 0 Å². The Bertz CT molecular complexity index is 122. The van der Waals surface area contributed by atoms with Crippen molar-refractivity contribution >= 4 is 21.7 Å².